The predicted molar refractivity (Wildman–Crippen MR) is 87.1 cm³/mol. The number of benzene rings is 1. The number of halogens is 1. The van der Waals surface area contributed by atoms with E-state index in [-0.39, 0.29) is 10.6 Å². The molecular weight excluding hydrogens is 407 g/mol. The molecule has 0 unspecified atom stereocenters. The molecule has 0 aliphatic carbocycles. The van der Waals surface area contributed by atoms with Crippen LogP contribution < -0.4 is 4.72 Å². The van der Waals surface area contributed by atoms with Crippen LogP contribution in [0.5, 0.6) is 0 Å². The van der Waals surface area contributed by atoms with E-state index in [9.17, 15) is 13.2 Å². The van der Waals surface area contributed by atoms with E-state index in [0.717, 1.165) is 15.2 Å². The molecule has 0 aliphatic heterocycles. The third kappa shape index (κ3) is 3.38. The molecule has 8 heteroatoms. The van der Waals surface area contributed by atoms with Gasteiger partial charge in [0.25, 0.3) is 10.0 Å². The minimum Gasteiger partial charge on any atom is -0.477 e. The van der Waals surface area contributed by atoms with Gasteiger partial charge in [0.2, 0.25) is 0 Å². The molecule has 0 amide bonds. The van der Waals surface area contributed by atoms with Crippen molar-refractivity contribution in [3.63, 3.8) is 0 Å². The summed E-state index contributed by atoms with van der Waals surface area (Å²) < 4.78 is 29.2. The van der Waals surface area contributed by atoms with Gasteiger partial charge in [-0.25, -0.2) is 13.2 Å². The molecule has 112 valence electrons. The Labute approximate surface area is 136 Å². The summed E-state index contributed by atoms with van der Waals surface area (Å²) in [4.78, 5) is 10.9. The highest BCUT2D eigenvalue weighted by Gasteiger charge is 2.20. The molecular formula is C13H13IN2O4S. The van der Waals surface area contributed by atoms with E-state index >= 15 is 0 Å². The van der Waals surface area contributed by atoms with Crippen LogP contribution in [0.3, 0.4) is 0 Å². The lowest BCUT2D eigenvalue weighted by Gasteiger charge is -2.08. The Morgan fingerprint density at radius 2 is 2.00 bits per heavy atom. The summed E-state index contributed by atoms with van der Waals surface area (Å²) in [6.07, 6.45) is 1.27. The number of hydrogen-bond acceptors (Lipinski definition) is 3. The van der Waals surface area contributed by atoms with E-state index in [2.05, 4.69) is 27.3 Å². The molecule has 0 aliphatic rings. The van der Waals surface area contributed by atoms with E-state index in [0.29, 0.717) is 5.69 Å². The van der Waals surface area contributed by atoms with Crippen LogP contribution >= 0.6 is 22.6 Å². The molecule has 2 aromatic rings. The molecule has 6 nitrogen and oxygen atoms in total. The van der Waals surface area contributed by atoms with E-state index in [4.69, 9.17) is 5.11 Å². The Morgan fingerprint density at radius 3 is 2.52 bits per heavy atom. The number of hydrogen-bond donors (Lipinski definition) is 2. The van der Waals surface area contributed by atoms with Crippen molar-refractivity contribution in [2.75, 3.05) is 4.72 Å². The van der Waals surface area contributed by atoms with Gasteiger partial charge < -0.3 is 9.67 Å². The van der Waals surface area contributed by atoms with Crippen molar-refractivity contribution in [3.8, 4) is 0 Å². The number of aryl methyl sites for hydroxylation is 2. The number of sulfonamides is 1. The lowest BCUT2D eigenvalue weighted by atomic mass is 10.2. The first-order valence-corrected chi connectivity index (χ1v) is 8.45. The molecule has 21 heavy (non-hydrogen) atoms. The topological polar surface area (TPSA) is 88.4 Å². The lowest BCUT2D eigenvalue weighted by Crippen LogP contribution is -2.12. The molecule has 1 aromatic heterocycles. The Bertz CT molecular complexity index is 812. The standard InChI is InChI=1S/C13H13IN2O4S/c1-8-3-4-9(5-11(8)14)15-21(19,20)10-6-12(13(17)18)16(2)7-10/h3-7,15H,1-2H3,(H,17,18). The summed E-state index contributed by atoms with van der Waals surface area (Å²) in [5, 5.41) is 8.96. The highest BCUT2D eigenvalue weighted by atomic mass is 127. The highest BCUT2D eigenvalue weighted by Crippen LogP contribution is 2.21. The second kappa shape index (κ2) is 5.68. The van der Waals surface area contributed by atoms with Gasteiger partial charge >= 0.3 is 5.97 Å². The fourth-order valence-corrected chi connectivity index (χ4v) is 3.40. The van der Waals surface area contributed by atoms with Gasteiger partial charge in [-0.3, -0.25) is 4.72 Å². The average Bonchev–Trinajstić information content (AvgIpc) is 2.77. The molecule has 0 spiro atoms. The number of anilines is 1. The summed E-state index contributed by atoms with van der Waals surface area (Å²) in [5.74, 6) is -1.18. The number of nitrogens with one attached hydrogen (secondary N) is 1. The normalized spacial score (nSPS) is 11.4. The third-order valence-corrected chi connectivity index (χ3v) is 5.44. The van der Waals surface area contributed by atoms with E-state index in [1.807, 2.05) is 13.0 Å². The van der Waals surface area contributed by atoms with Crippen molar-refractivity contribution in [1.82, 2.24) is 4.57 Å². The second-order valence-corrected chi connectivity index (χ2v) is 7.39. The molecule has 2 N–H and O–H groups in total. The van der Waals surface area contributed by atoms with E-state index < -0.39 is 16.0 Å². The minimum atomic E-state index is -3.82. The van der Waals surface area contributed by atoms with Gasteiger partial charge in [0.15, 0.2) is 0 Å². The fraction of sp³-hybridized carbons (Fsp3) is 0.154. The number of carbonyl (C=O) groups is 1. The van der Waals surface area contributed by atoms with Crippen molar-refractivity contribution in [2.24, 2.45) is 7.05 Å². The zero-order valence-corrected chi connectivity index (χ0v) is 14.3. The summed E-state index contributed by atoms with van der Waals surface area (Å²) in [5.41, 5.74) is 1.39. The molecule has 0 radical (unpaired) electrons. The SMILES string of the molecule is Cc1ccc(NS(=O)(=O)c2cc(C(=O)O)n(C)c2)cc1I. The van der Waals surface area contributed by atoms with Crippen LogP contribution in [0.4, 0.5) is 5.69 Å². The number of nitrogens with zero attached hydrogens (tertiary/aromatic N) is 1. The zero-order chi connectivity index (χ0) is 15.8. The predicted octanol–water partition coefficient (Wildman–Crippen LogP) is 2.44. The van der Waals surface area contributed by atoms with Gasteiger partial charge in [-0.1, -0.05) is 6.07 Å². The summed E-state index contributed by atoms with van der Waals surface area (Å²) in [6, 6.07) is 6.32. The lowest BCUT2D eigenvalue weighted by molar-refractivity contribution is 0.0686. The molecule has 2 rings (SSSR count). The monoisotopic (exact) mass is 420 g/mol. The van der Waals surface area contributed by atoms with Gasteiger partial charge in [0.1, 0.15) is 10.6 Å². The first kappa shape index (κ1) is 15.8. The quantitative estimate of drug-likeness (QED) is 0.744. The maximum atomic E-state index is 12.3. The first-order valence-electron chi connectivity index (χ1n) is 5.89. The first-order chi connectivity index (χ1) is 9.70. The third-order valence-electron chi connectivity index (χ3n) is 2.93. The summed E-state index contributed by atoms with van der Waals surface area (Å²) >= 11 is 2.12. The number of aromatic carboxylic acids is 1. The van der Waals surface area contributed by atoms with Crippen LogP contribution in [-0.4, -0.2) is 24.1 Å². The van der Waals surface area contributed by atoms with Crippen molar-refractivity contribution < 1.29 is 18.3 Å². The summed E-state index contributed by atoms with van der Waals surface area (Å²) in [7, 11) is -2.33. The van der Waals surface area contributed by atoms with Gasteiger partial charge in [-0.2, -0.15) is 0 Å². The maximum absolute atomic E-state index is 12.3. The van der Waals surface area contributed by atoms with Crippen LogP contribution in [0.1, 0.15) is 16.1 Å². The number of carboxylic acids is 1. The zero-order valence-electron chi connectivity index (χ0n) is 11.3. The van der Waals surface area contributed by atoms with Crippen molar-refractivity contribution in [1.29, 1.82) is 0 Å². The van der Waals surface area contributed by atoms with Crippen LogP contribution in [0.25, 0.3) is 0 Å². The van der Waals surface area contributed by atoms with Crippen molar-refractivity contribution in [2.45, 2.75) is 11.8 Å². The Morgan fingerprint density at radius 1 is 1.33 bits per heavy atom. The molecule has 0 atom stereocenters. The number of rotatable bonds is 4. The van der Waals surface area contributed by atoms with Crippen molar-refractivity contribution >= 4 is 44.3 Å². The van der Waals surface area contributed by atoms with Crippen LogP contribution in [-0.2, 0) is 17.1 Å². The van der Waals surface area contributed by atoms with Gasteiger partial charge in [0, 0.05) is 22.5 Å². The van der Waals surface area contributed by atoms with Crippen LogP contribution in [0, 0.1) is 10.5 Å². The van der Waals surface area contributed by atoms with Crippen LogP contribution in [0.15, 0.2) is 35.4 Å². The Hall–Kier alpha value is -1.55. The number of aromatic nitrogens is 1. The molecule has 0 saturated heterocycles. The van der Waals surface area contributed by atoms with Gasteiger partial charge in [0.05, 0.1) is 0 Å². The highest BCUT2D eigenvalue weighted by molar-refractivity contribution is 14.1. The molecule has 0 bridgehead atoms. The van der Waals surface area contributed by atoms with E-state index in [1.165, 1.54) is 17.8 Å². The Kier molecular flexibility index (Phi) is 4.28. The van der Waals surface area contributed by atoms with Gasteiger partial charge in [-0.15, -0.1) is 0 Å². The largest absolute Gasteiger partial charge is 0.477 e. The van der Waals surface area contributed by atoms with Crippen LogP contribution in [0.2, 0.25) is 0 Å². The fourth-order valence-electron chi connectivity index (χ4n) is 1.76. The van der Waals surface area contributed by atoms with E-state index in [1.54, 1.807) is 12.1 Å². The second-order valence-electron chi connectivity index (χ2n) is 4.55. The van der Waals surface area contributed by atoms with Gasteiger partial charge in [-0.05, 0) is 53.3 Å². The molecule has 1 aromatic carbocycles. The van der Waals surface area contributed by atoms with Crippen molar-refractivity contribution in [3.05, 3.63) is 45.3 Å². The molecule has 0 fully saturated rings. The Balaban J connectivity index is 2.36. The summed E-state index contributed by atoms with van der Waals surface area (Å²) in [6.45, 7) is 1.93. The minimum absolute atomic E-state index is 0.0852. The smallest absolute Gasteiger partial charge is 0.352 e. The molecule has 1 heterocycles. The maximum Gasteiger partial charge on any atom is 0.352 e. The number of carboxylic acid groups (broad SMARTS) is 1. The molecule has 0 saturated carbocycles. The average molecular weight is 420 g/mol.